The second kappa shape index (κ2) is 9.05. The van der Waals surface area contributed by atoms with Crippen LogP contribution in [0.15, 0.2) is 48.5 Å². The topological polar surface area (TPSA) is 17.8 Å². The van der Waals surface area contributed by atoms with Gasteiger partial charge in [0.05, 0.1) is 11.0 Å². The van der Waals surface area contributed by atoms with Gasteiger partial charge in [-0.25, -0.2) is 4.98 Å². The molecule has 0 N–H and O–H groups in total. The smallest absolute Gasteiger partial charge is 0.114 e. The number of halogens is 1. The summed E-state index contributed by atoms with van der Waals surface area (Å²) >= 11 is 6.36. The molecule has 0 saturated heterocycles. The van der Waals surface area contributed by atoms with Crippen molar-refractivity contribution in [1.82, 2.24) is 9.55 Å². The molecule has 1 aromatic heterocycles. The van der Waals surface area contributed by atoms with Crippen molar-refractivity contribution in [3.63, 3.8) is 0 Å². The summed E-state index contributed by atoms with van der Waals surface area (Å²) in [6.45, 7) is 3.30. The van der Waals surface area contributed by atoms with E-state index in [4.69, 9.17) is 16.6 Å². The first kappa shape index (κ1) is 18.0. The summed E-state index contributed by atoms with van der Waals surface area (Å²) in [5.41, 5.74) is 3.46. The van der Waals surface area contributed by atoms with Crippen molar-refractivity contribution in [2.24, 2.45) is 0 Å². The second-order valence-electron chi connectivity index (χ2n) is 6.70. The minimum Gasteiger partial charge on any atom is -0.328 e. The maximum absolute atomic E-state index is 6.36. The maximum Gasteiger partial charge on any atom is 0.114 e. The summed E-state index contributed by atoms with van der Waals surface area (Å²) < 4.78 is 2.39. The van der Waals surface area contributed by atoms with Crippen LogP contribution in [0.2, 0.25) is 5.02 Å². The van der Waals surface area contributed by atoms with Gasteiger partial charge in [-0.3, -0.25) is 0 Å². The quantitative estimate of drug-likeness (QED) is 0.394. The Balaban J connectivity index is 1.76. The summed E-state index contributed by atoms with van der Waals surface area (Å²) in [6.07, 6.45) is 8.62. The van der Waals surface area contributed by atoms with Crippen molar-refractivity contribution < 1.29 is 0 Å². The summed E-state index contributed by atoms with van der Waals surface area (Å²) in [7, 11) is 0. The summed E-state index contributed by atoms with van der Waals surface area (Å²) in [4.78, 5) is 4.88. The largest absolute Gasteiger partial charge is 0.328 e. The van der Waals surface area contributed by atoms with E-state index in [0.717, 1.165) is 34.9 Å². The number of fused-ring (bicyclic) bond motifs is 1. The molecule has 3 rings (SSSR count). The van der Waals surface area contributed by atoms with Crippen LogP contribution in [0.25, 0.3) is 11.0 Å². The zero-order chi connectivity index (χ0) is 17.5. The zero-order valence-corrected chi connectivity index (χ0v) is 15.8. The van der Waals surface area contributed by atoms with E-state index in [1.165, 1.54) is 44.0 Å². The highest BCUT2D eigenvalue weighted by atomic mass is 35.5. The van der Waals surface area contributed by atoms with E-state index in [0.29, 0.717) is 0 Å². The molecule has 0 spiro atoms. The van der Waals surface area contributed by atoms with Crippen LogP contribution in [0.1, 0.15) is 56.8 Å². The number of nitrogens with zero attached hydrogens (tertiary/aromatic N) is 2. The van der Waals surface area contributed by atoms with E-state index in [1.54, 1.807) is 0 Å². The Morgan fingerprint density at radius 1 is 0.880 bits per heavy atom. The number of hydrogen-bond acceptors (Lipinski definition) is 1. The van der Waals surface area contributed by atoms with Crippen LogP contribution < -0.4 is 0 Å². The standard InChI is InChI=1S/C22H27ClN2/c1-2-3-4-5-6-11-16-25-21-15-10-9-14-20(21)24-22(25)17-18-12-7-8-13-19(18)23/h7-10,12-15H,2-6,11,16-17H2,1H3. The molecule has 0 saturated carbocycles. The fourth-order valence-electron chi connectivity index (χ4n) is 3.37. The Hall–Kier alpha value is -1.80. The Labute approximate surface area is 155 Å². The van der Waals surface area contributed by atoms with Gasteiger partial charge in [0.2, 0.25) is 0 Å². The number of benzene rings is 2. The van der Waals surface area contributed by atoms with E-state index in [9.17, 15) is 0 Å². The SMILES string of the molecule is CCCCCCCCn1c(Cc2ccccc2Cl)nc2ccccc21. The van der Waals surface area contributed by atoms with Gasteiger partial charge >= 0.3 is 0 Å². The van der Waals surface area contributed by atoms with E-state index in [1.807, 2.05) is 18.2 Å². The minimum atomic E-state index is 0.782. The average Bonchev–Trinajstić information content (AvgIpc) is 2.97. The molecular formula is C22H27ClN2. The fraction of sp³-hybridized carbons (Fsp3) is 0.409. The van der Waals surface area contributed by atoms with Crippen molar-refractivity contribution in [3.8, 4) is 0 Å². The number of imidazole rings is 1. The van der Waals surface area contributed by atoms with Gasteiger partial charge in [0.25, 0.3) is 0 Å². The lowest BCUT2D eigenvalue weighted by Gasteiger charge is -2.10. The highest BCUT2D eigenvalue weighted by Crippen LogP contribution is 2.23. The highest BCUT2D eigenvalue weighted by Gasteiger charge is 2.12. The molecule has 0 atom stereocenters. The second-order valence-corrected chi connectivity index (χ2v) is 7.11. The molecular weight excluding hydrogens is 328 g/mol. The van der Waals surface area contributed by atoms with Crippen LogP contribution in [0.3, 0.4) is 0 Å². The number of para-hydroxylation sites is 2. The van der Waals surface area contributed by atoms with E-state index >= 15 is 0 Å². The third-order valence-corrected chi connectivity index (χ3v) is 5.14. The van der Waals surface area contributed by atoms with Gasteiger partial charge in [-0.15, -0.1) is 0 Å². The zero-order valence-electron chi connectivity index (χ0n) is 15.0. The van der Waals surface area contributed by atoms with Crippen LogP contribution in [-0.4, -0.2) is 9.55 Å². The number of rotatable bonds is 9. The molecule has 3 aromatic rings. The monoisotopic (exact) mass is 354 g/mol. The van der Waals surface area contributed by atoms with Gasteiger partial charge in [0, 0.05) is 18.0 Å². The van der Waals surface area contributed by atoms with Crippen molar-refractivity contribution in [2.75, 3.05) is 0 Å². The number of aromatic nitrogens is 2. The van der Waals surface area contributed by atoms with E-state index < -0.39 is 0 Å². The van der Waals surface area contributed by atoms with E-state index in [2.05, 4.69) is 41.8 Å². The van der Waals surface area contributed by atoms with Crippen molar-refractivity contribution in [2.45, 2.75) is 58.4 Å². The Morgan fingerprint density at radius 2 is 1.60 bits per heavy atom. The van der Waals surface area contributed by atoms with Gasteiger partial charge in [-0.1, -0.05) is 81.0 Å². The average molecular weight is 355 g/mol. The van der Waals surface area contributed by atoms with Gasteiger partial charge in [0.1, 0.15) is 5.82 Å². The van der Waals surface area contributed by atoms with E-state index in [-0.39, 0.29) is 0 Å². The van der Waals surface area contributed by atoms with Crippen molar-refractivity contribution >= 4 is 22.6 Å². The van der Waals surface area contributed by atoms with Crippen molar-refractivity contribution in [3.05, 3.63) is 64.9 Å². The predicted octanol–water partition coefficient (Wildman–Crippen LogP) is 6.64. The van der Waals surface area contributed by atoms with Crippen LogP contribution in [0, 0.1) is 0 Å². The van der Waals surface area contributed by atoms with Crippen LogP contribution >= 0.6 is 11.6 Å². The lowest BCUT2D eigenvalue weighted by Crippen LogP contribution is -2.05. The normalized spacial score (nSPS) is 11.3. The van der Waals surface area contributed by atoms with Gasteiger partial charge < -0.3 is 4.57 Å². The molecule has 0 bridgehead atoms. The predicted molar refractivity (Wildman–Crippen MR) is 107 cm³/mol. The van der Waals surface area contributed by atoms with Crippen LogP contribution in [0.5, 0.6) is 0 Å². The molecule has 0 fully saturated rings. The Kier molecular flexibility index (Phi) is 6.52. The summed E-state index contributed by atoms with van der Waals surface area (Å²) in [5.74, 6) is 1.11. The molecule has 0 unspecified atom stereocenters. The molecule has 3 heteroatoms. The number of unbranched alkanes of at least 4 members (excludes halogenated alkanes) is 5. The van der Waals surface area contributed by atoms with Gasteiger partial charge in [-0.05, 0) is 30.2 Å². The molecule has 0 amide bonds. The molecule has 0 aliphatic carbocycles. The van der Waals surface area contributed by atoms with Crippen LogP contribution in [0.4, 0.5) is 0 Å². The summed E-state index contributed by atoms with van der Waals surface area (Å²) in [6, 6.07) is 16.5. The third kappa shape index (κ3) is 4.64. The lowest BCUT2D eigenvalue weighted by atomic mass is 10.1. The first-order valence-electron chi connectivity index (χ1n) is 9.47. The molecule has 0 radical (unpaired) electrons. The maximum atomic E-state index is 6.36. The van der Waals surface area contributed by atoms with Gasteiger partial charge in [0.15, 0.2) is 0 Å². The molecule has 132 valence electrons. The Morgan fingerprint density at radius 3 is 2.44 bits per heavy atom. The van der Waals surface area contributed by atoms with Crippen molar-refractivity contribution in [1.29, 1.82) is 0 Å². The third-order valence-electron chi connectivity index (χ3n) is 4.78. The molecule has 0 aliphatic rings. The molecule has 2 aromatic carbocycles. The summed E-state index contributed by atoms with van der Waals surface area (Å²) in [5, 5.41) is 0.820. The molecule has 2 nitrogen and oxygen atoms in total. The molecule has 25 heavy (non-hydrogen) atoms. The fourth-order valence-corrected chi connectivity index (χ4v) is 3.57. The number of aryl methyl sites for hydroxylation is 1. The molecule has 1 heterocycles. The lowest BCUT2D eigenvalue weighted by molar-refractivity contribution is 0.555. The minimum absolute atomic E-state index is 0.782. The first-order valence-corrected chi connectivity index (χ1v) is 9.85. The van der Waals surface area contributed by atoms with Gasteiger partial charge in [-0.2, -0.15) is 0 Å². The molecule has 0 aliphatic heterocycles. The Bertz CT molecular complexity index is 807. The highest BCUT2D eigenvalue weighted by molar-refractivity contribution is 6.31. The van der Waals surface area contributed by atoms with Crippen LogP contribution in [-0.2, 0) is 13.0 Å². The first-order chi connectivity index (χ1) is 12.3. The number of hydrogen-bond donors (Lipinski definition) is 0.